The number of furan rings is 1. The van der Waals surface area contributed by atoms with E-state index in [4.69, 9.17) is 16.0 Å². The number of anilines is 2. The highest BCUT2D eigenvalue weighted by Gasteiger charge is 2.41. The fraction of sp³-hybridized carbons (Fsp3) is 0.292. The van der Waals surface area contributed by atoms with Crippen molar-refractivity contribution in [3.63, 3.8) is 0 Å². The van der Waals surface area contributed by atoms with Gasteiger partial charge in [-0.2, -0.15) is 0 Å². The molecule has 0 spiro atoms. The van der Waals surface area contributed by atoms with Crippen molar-refractivity contribution in [2.24, 2.45) is 5.92 Å². The molecule has 6 heteroatoms. The first-order valence-electron chi connectivity index (χ1n) is 10.3. The number of nitrogens with zero attached hydrogens (tertiary/aromatic N) is 2. The summed E-state index contributed by atoms with van der Waals surface area (Å²) < 4.78 is 5.37. The summed E-state index contributed by atoms with van der Waals surface area (Å²) in [4.78, 5) is 18.0. The highest BCUT2D eigenvalue weighted by molar-refractivity contribution is 6.33. The lowest BCUT2D eigenvalue weighted by Gasteiger charge is -2.49. The van der Waals surface area contributed by atoms with E-state index in [-0.39, 0.29) is 17.9 Å². The van der Waals surface area contributed by atoms with Crippen molar-refractivity contribution in [1.82, 2.24) is 5.32 Å². The second-order valence-electron chi connectivity index (χ2n) is 7.89. The van der Waals surface area contributed by atoms with Gasteiger partial charge in [-0.1, -0.05) is 41.9 Å². The first-order valence-corrected chi connectivity index (χ1v) is 10.7. The van der Waals surface area contributed by atoms with Crippen LogP contribution in [0.15, 0.2) is 71.3 Å². The number of amides is 1. The Bertz CT molecular complexity index is 1040. The smallest absolute Gasteiger partial charge is 0.225 e. The number of hydrogen-bond donors (Lipinski definition) is 1. The summed E-state index contributed by atoms with van der Waals surface area (Å²) in [6.45, 7) is 2.89. The Balaban J connectivity index is 1.42. The van der Waals surface area contributed by atoms with Crippen LogP contribution >= 0.6 is 11.6 Å². The number of piperazine rings is 1. The van der Waals surface area contributed by atoms with Gasteiger partial charge in [-0.05, 0) is 42.3 Å². The molecule has 3 heterocycles. The molecular weight excluding hydrogens is 398 g/mol. The molecule has 0 unspecified atom stereocenters. The first kappa shape index (κ1) is 19.1. The van der Waals surface area contributed by atoms with Gasteiger partial charge in [0.05, 0.1) is 35.5 Å². The zero-order valence-corrected chi connectivity index (χ0v) is 17.4. The molecule has 30 heavy (non-hydrogen) atoms. The number of rotatable bonds is 4. The molecular formula is C24H24ClN3O2. The lowest BCUT2D eigenvalue weighted by Crippen LogP contribution is -2.61. The van der Waals surface area contributed by atoms with Crippen LogP contribution in [0.5, 0.6) is 0 Å². The second-order valence-corrected chi connectivity index (χ2v) is 8.30. The van der Waals surface area contributed by atoms with Gasteiger partial charge in [-0.25, -0.2) is 0 Å². The van der Waals surface area contributed by atoms with Gasteiger partial charge in [-0.3, -0.25) is 4.79 Å². The van der Waals surface area contributed by atoms with Crippen LogP contribution in [-0.4, -0.2) is 31.6 Å². The number of nitrogens with one attached hydrogen (secondary N) is 1. The van der Waals surface area contributed by atoms with E-state index in [1.54, 1.807) is 6.26 Å². The average Bonchev–Trinajstić information content (AvgIpc) is 3.30. The van der Waals surface area contributed by atoms with Crippen molar-refractivity contribution >= 4 is 28.9 Å². The van der Waals surface area contributed by atoms with Crippen molar-refractivity contribution in [3.8, 4) is 0 Å². The van der Waals surface area contributed by atoms with E-state index in [1.165, 1.54) is 11.3 Å². The van der Waals surface area contributed by atoms with E-state index < -0.39 is 0 Å². The Hall–Kier alpha value is -2.92. The van der Waals surface area contributed by atoms with Crippen molar-refractivity contribution in [1.29, 1.82) is 0 Å². The molecule has 0 radical (unpaired) electrons. The minimum Gasteiger partial charge on any atom is -0.467 e. The van der Waals surface area contributed by atoms with Gasteiger partial charge in [0.15, 0.2) is 0 Å². The third-order valence-corrected chi connectivity index (χ3v) is 6.49. The molecule has 1 saturated heterocycles. The number of carbonyl (C=O) groups excluding carboxylic acids is 1. The lowest BCUT2D eigenvalue weighted by atomic mass is 9.83. The van der Waals surface area contributed by atoms with Crippen LogP contribution in [0.1, 0.15) is 11.3 Å². The molecule has 2 atom stereocenters. The van der Waals surface area contributed by atoms with Crippen LogP contribution in [0.2, 0.25) is 5.02 Å². The highest BCUT2D eigenvalue weighted by atomic mass is 35.5. The monoisotopic (exact) mass is 421 g/mol. The third kappa shape index (κ3) is 3.54. The second kappa shape index (κ2) is 8.07. The lowest BCUT2D eigenvalue weighted by molar-refractivity contribution is -0.126. The standard InChI is InChI=1S/C24H24ClN3O2/c25-20-8-2-4-10-22(20)27-11-12-28-21-9-3-1-6-17(21)14-19(23(28)16-27)24(29)26-15-18-7-5-13-30-18/h1-10,13,19,23H,11-12,14-16H2,(H,26,29)/t19-,23-/m0/s1. The summed E-state index contributed by atoms with van der Waals surface area (Å²) in [6.07, 6.45) is 2.36. The number of para-hydroxylation sites is 2. The molecule has 1 amide bonds. The number of fused-ring (bicyclic) bond motifs is 3. The first-order chi connectivity index (χ1) is 14.7. The number of carbonyl (C=O) groups is 1. The maximum Gasteiger partial charge on any atom is 0.225 e. The Morgan fingerprint density at radius 3 is 2.63 bits per heavy atom. The maximum absolute atomic E-state index is 13.2. The van der Waals surface area contributed by atoms with E-state index in [0.717, 1.165) is 42.5 Å². The van der Waals surface area contributed by atoms with Crippen LogP contribution in [0.25, 0.3) is 0 Å². The molecule has 2 aliphatic heterocycles. The Labute approximate surface area is 181 Å². The van der Waals surface area contributed by atoms with Crippen LogP contribution < -0.4 is 15.1 Å². The fourth-order valence-electron chi connectivity index (χ4n) is 4.70. The van der Waals surface area contributed by atoms with Gasteiger partial charge in [0, 0.05) is 25.3 Å². The van der Waals surface area contributed by atoms with Crippen LogP contribution in [-0.2, 0) is 17.8 Å². The predicted octanol–water partition coefficient (Wildman–Crippen LogP) is 4.12. The fourth-order valence-corrected chi connectivity index (χ4v) is 4.96. The average molecular weight is 422 g/mol. The van der Waals surface area contributed by atoms with Crippen molar-refractivity contribution in [2.45, 2.75) is 19.0 Å². The molecule has 0 saturated carbocycles. The minimum absolute atomic E-state index is 0.0666. The Morgan fingerprint density at radius 2 is 1.83 bits per heavy atom. The molecule has 0 aliphatic carbocycles. The molecule has 3 aromatic rings. The molecule has 5 nitrogen and oxygen atoms in total. The maximum atomic E-state index is 13.2. The SMILES string of the molecule is O=C(NCc1ccco1)[C@H]1Cc2ccccc2N2CCN(c3ccccc3Cl)C[C@@H]12. The molecule has 154 valence electrons. The summed E-state index contributed by atoms with van der Waals surface area (Å²) in [7, 11) is 0. The predicted molar refractivity (Wildman–Crippen MR) is 119 cm³/mol. The topological polar surface area (TPSA) is 48.7 Å². The molecule has 5 rings (SSSR count). The number of halogens is 1. The van der Waals surface area contributed by atoms with Gasteiger partial charge in [0.2, 0.25) is 5.91 Å². The molecule has 1 N–H and O–H groups in total. The van der Waals surface area contributed by atoms with E-state index in [9.17, 15) is 4.79 Å². The number of benzene rings is 2. The van der Waals surface area contributed by atoms with Crippen molar-refractivity contribution in [3.05, 3.63) is 83.3 Å². The molecule has 1 aromatic heterocycles. The molecule has 0 bridgehead atoms. The Kier molecular flexibility index (Phi) is 5.13. The van der Waals surface area contributed by atoms with E-state index in [2.05, 4.69) is 45.4 Å². The van der Waals surface area contributed by atoms with Crippen LogP contribution in [0.4, 0.5) is 11.4 Å². The van der Waals surface area contributed by atoms with E-state index >= 15 is 0 Å². The number of hydrogen-bond acceptors (Lipinski definition) is 4. The zero-order chi connectivity index (χ0) is 20.5. The molecule has 1 fully saturated rings. The highest BCUT2D eigenvalue weighted by Crippen LogP contribution is 2.38. The Morgan fingerprint density at radius 1 is 1.03 bits per heavy atom. The van der Waals surface area contributed by atoms with E-state index in [0.29, 0.717) is 6.54 Å². The normalized spacial score (nSPS) is 20.4. The minimum atomic E-state index is -0.139. The van der Waals surface area contributed by atoms with Crippen LogP contribution in [0, 0.1) is 5.92 Å². The summed E-state index contributed by atoms with van der Waals surface area (Å²) >= 11 is 6.47. The van der Waals surface area contributed by atoms with Gasteiger partial charge < -0.3 is 19.5 Å². The zero-order valence-electron chi connectivity index (χ0n) is 16.6. The van der Waals surface area contributed by atoms with E-state index in [1.807, 2.05) is 30.3 Å². The summed E-state index contributed by atoms with van der Waals surface area (Å²) in [5.41, 5.74) is 3.52. The summed E-state index contributed by atoms with van der Waals surface area (Å²) in [5.74, 6) is 0.690. The van der Waals surface area contributed by atoms with Crippen LogP contribution in [0.3, 0.4) is 0 Å². The van der Waals surface area contributed by atoms with Gasteiger partial charge in [-0.15, -0.1) is 0 Å². The van der Waals surface area contributed by atoms with Gasteiger partial charge in [0.25, 0.3) is 0 Å². The van der Waals surface area contributed by atoms with Crippen molar-refractivity contribution < 1.29 is 9.21 Å². The van der Waals surface area contributed by atoms with Gasteiger partial charge >= 0.3 is 0 Å². The summed E-state index contributed by atoms with van der Waals surface area (Å²) in [5, 5.41) is 3.83. The molecule has 2 aromatic carbocycles. The summed E-state index contributed by atoms with van der Waals surface area (Å²) in [6, 6.07) is 20.2. The quantitative estimate of drug-likeness (QED) is 0.688. The third-order valence-electron chi connectivity index (χ3n) is 6.17. The largest absolute Gasteiger partial charge is 0.467 e. The molecule has 2 aliphatic rings. The van der Waals surface area contributed by atoms with Crippen molar-refractivity contribution in [2.75, 3.05) is 29.4 Å². The van der Waals surface area contributed by atoms with Gasteiger partial charge in [0.1, 0.15) is 5.76 Å².